The third kappa shape index (κ3) is 2.78. The van der Waals surface area contributed by atoms with Gasteiger partial charge < -0.3 is 9.47 Å². The van der Waals surface area contributed by atoms with Gasteiger partial charge in [0.1, 0.15) is 6.61 Å². The van der Waals surface area contributed by atoms with E-state index in [1.165, 1.54) is 7.11 Å². The maximum Gasteiger partial charge on any atom is 0.508 e. The maximum atomic E-state index is 10.7. The first-order valence-corrected chi connectivity index (χ1v) is 3.99. The van der Waals surface area contributed by atoms with E-state index in [0.717, 1.165) is 11.1 Å². The lowest BCUT2D eigenvalue weighted by Crippen LogP contribution is -2.04. The summed E-state index contributed by atoms with van der Waals surface area (Å²) in [6, 6.07) is 7.73. The number of aryl methyl sites for hydroxylation is 1. The summed E-state index contributed by atoms with van der Waals surface area (Å²) in [5.74, 6) is 0. The van der Waals surface area contributed by atoms with Gasteiger partial charge >= 0.3 is 6.16 Å². The average Bonchev–Trinajstić information content (AvgIpc) is 2.16. The van der Waals surface area contributed by atoms with Crippen molar-refractivity contribution in [2.45, 2.75) is 13.5 Å². The van der Waals surface area contributed by atoms with Crippen LogP contribution >= 0.6 is 0 Å². The van der Waals surface area contributed by atoms with Gasteiger partial charge in [-0.25, -0.2) is 4.79 Å². The smallest absolute Gasteiger partial charge is 0.438 e. The molecule has 0 saturated carbocycles. The predicted molar refractivity (Wildman–Crippen MR) is 48.4 cm³/mol. The van der Waals surface area contributed by atoms with Gasteiger partial charge in [-0.1, -0.05) is 24.3 Å². The second-order valence-corrected chi connectivity index (χ2v) is 2.67. The molecule has 0 saturated heterocycles. The Kier molecular flexibility index (Phi) is 3.31. The Bertz CT molecular complexity index is 294. The van der Waals surface area contributed by atoms with Gasteiger partial charge in [0.25, 0.3) is 0 Å². The molecule has 0 unspecified atom stereocenters. The van der Waals surface area contributed by atoms with Crippen LogP contribution in [-0.4, -0.2) is 13.3 Å². The van der Waals surface area contributed by atoms with Crippen LogP contribution in [0, 0.1) is 6.92 Å². The zero-order valence-corrected chi connectivity index (χ0v) is 7.74. The molecule has 0 radical (unpaired) electrons. The summed E-state index contributed by atoms with van der Waals surface area (Å²) in [5, 5.41) is 0. The monoisotopic (exact) mass is 180 g/mol. The number of benzene rings is 1. The van der Waals surface area contributed by atoms with Crippen molar-refractivity contribution < 1.29 is 14.3 Å². The normalized spacial score (nSPS) is 9.38. The number of ether oxygens (including phenoxy) is 2. The number of carbonyl (C=O) groups excluding carboxylic acids is 1. The van der Waals surface area contributed by atoms with E-state index in [0.29, 0.717) is 0 Å². The lowest BCUT2D eigenvalue weighted by Gasteiger charge is -2.05. The first-order valence-electron chi connectivity index (χ1n) is 3.99. The minimum atomic E-state index is -0.650. The van der Waals surface area contributed by atoms with E-state index in [2.05, 4.69) is 4.74 Å². The molecule has 0 amide bonds. The molecular weight excluding hydrogens is 168 g/mol. The van der Waals surface area contributed by atoms with Gasteiger partial charge in [0.2, 0.25) is 0 Å². The quantitative estimate of drug-likeness (QED) is 0.655. The molecule has 0 spiro atoms. The molecule has 0 fully saturated rings. The molecule has 3 heteroatoms. The van der Waals surface area contributed by atoms with Crippen LogP contribution in [0.25, 0.3) is 0 Å². The Balaban J connectivity index is 2.54. The molecule has 0 atom stereocenters. The molecule has 1 aromatic carbocycles. The van der Waals surface area contributed by atoms with E-state index in [-0.39, 0.29) is 6.61 Å². The Morgan fingerprint density at radius 3 is 2.69 bits per heavy atom. The number of methoxy groups -OCH3 is 1. The van der Waals surface area contributed by atoms with E-state index >= 15 is 0 Å². The molecule has 0 heterocycles. The molecule has 0 aliphatic rings. The number of carbonyl (C=O) groups is 1. The van der Waals surface area contributed by atoms with Crippen molar-refractivity contribution in [3.63, 3.8) is 0 Å². The zero-order chi connectivity index (χ0) is 9.68. The SMILES string of the molecule is COC(=O)OCc1ccccc1C. The Morgan fingerprint density at radius 1 is 1.38 bits per heavy atom. The first kappa shape index (κ1) is 9.58. The third-order valence-electron chi connectivity index (χ3n) is 1.77. The summed E-state index contributed by atoms with van der Waals surface area (Å²) >= 11 is 0. The highest BCUT2D eigenvalue weighted by Crippen LogP contribution is 2.08. The van der Waals surface area contributed by atoms with Crippen molar-refractivity contribution in [3.8, 4) is 0 Å². The van der Waals surface area contributed by atoms with E-state index in [4.69, 9.17) is 4.74 Å². The van der Waals surface area contributed by atoms with E-state index < -0.39 is 6.16 Å². The van der Waals surface area contributed by atoms with Gasteiger partial charge in [-0.3, -0.25) is 0 Å². The molecule has 0 aliphatic heterocycles. The largest absolute Gasteiger partial charge is 0.508 e. The van der Waals surface area contributed by atoms with Gasteiger partial charge in [0.05, 0.1) is 7.11 Å². The molecule has 0 N–H and O–H groups in total. The van der Waals surface area contributed by atoms with Crippen LogP contribution in [0.5, 0.6) is 0 Å². The predicted octanol–water partition coefficient (Wildman–Crippen LogP) is 2.28. The Morgan fingerprint density at radius 2 is 2.08 bits per heavy atom. The van der Waals surface area contributed by atoms with Crippen LogP contribution in [0.3, 0.4) is 0 Å². The van der Waals surface area contributed by atoms with Gasteiger partial charge in [-0.15, -0.1) is 0 Å². The second-order valence-electron chi connectivity index (χ2n) is 2.67. The van der Waals surface area contributed by atoms with Crippen LogP contribution in [0.2, 0.25) is 0 Å². The molecule has 1 aromatic rings. The van der Waals surface area contributed by atoms with Crippen molar-refractivity contribution in [1.82, 2.24) is 0 Å². The fourth-order valence-corrected chi connectivity index (χ4v) is 0.968. The molecule has 0 aromatic heterocycles. The summed E-state index contributed by atoms with van der Waals surface area (Å²) in [5.41, 5.74) is 2.10. The highest BCUT2D eigenvalue weighted by Gasteiger charge is 2.02. The highest BCUT2D eigenvalue weighted by atomic mass is 16.7. The standard InChI is InChI=1S/C10H12O3/c1-8-5-3-4-6-9(8)7-13-10(11)12-2/h3-6H,7H2,1-2H3. The molecular formula is C10H12O3. The van der Waals surface area contributed by atoms with Crippen LogP contribution in [0.1, 0.15) is 11.1 Å². The maximum absolute atomic E-state index is 10.7. The van der Waals surface area contributed by atoms with Crippen LogP contribution in [-0.2, 0) is 16.1 Å². The van der Waals surface area contributed by atoms with Gasteiger partial charge in [0, 0.05) is 0 Å². The molecule has 1 rings (SSSR count). The lowest BCUT2D eigenvalue weighted by atomic mass is 10.1. The van der Waals surface area contributed by atoms with Gasteiger partial charge in [0.15, 0.2) is 0 Å². The summed E-state index contributed by atoms with van der Waals surface area (Å²) in [7, 11) is 1.29. The molecule has 3 nitrogen and oxygen atoms in total. The van der Waals surface area contributed by atoms with Crippen molar-refractivity contribution in [1.29, 1.82) is 0 Å². The zero-order valence-electron chi connectivity index (χ0n) is 7.74. The lowest BCUT2D eigenvalue weighted by molar-refractivity contribution is 0.0668. The van der Waals surface area contributed by atoms with Crippen molar-refractivity contribution in [2.24, 2.45) is 0 Å². The van der Waals surface area contributed by atoms with E-state index in [9.17, 15) is 4.79 Å². The van der Waals surface area contributed by atoms with Crippen molar-refractivity contribution in [2.75, 3.05) is 7.11 Å². The first-order chi connectivity index (χ1) is 6.24. The van der Waals surface area contributed by atoms with Crippen LogP contribution in [0.15, 0.2) is 24.3 Å². The Hall–Kier alpha value is -1.51. The number of hydrogen-bond donors (Lipinski definition) is 0. The molecule has 0 aliphatic carbocycles. The summed E-state index contributed by atoms with van der Waals surface area (Å²) in [6.07, 6.45) is -0.650. The minimum Gasteiger partial charge on any atom is -0.438 e. The Labute approximate surface area is 77.3 Å². The van der Waals surface area contributed by atoms with Crippen molar-refractivity contribution >= 4 is 6.16 Å². The number of hydrogen-bond acceptors (Lipinski definition) is 3. The third-order valence-corrected chi connectivity index (χ3v) is 1.77. The second kappa shape index (κ2) is 4.50. The molecule has 0 bridgehead atoms. The molecule has 13 heavy (non-hydrogen) atoms. The van der Waals surface area contributed by atoms with Gasteiger partial charge in [-0.05, 0) is 18.1 Å². The summed E-state index contributed by atoms with van der Waals surface area (Å²) < 4.78 is 9.15. The molecule has 70 valence electrons. The fourth-order valence-electron chi connectivity index (χ4n) is 0.968. The van der Waals surface area contributed by atoms with Gasteiger partial charge in [-0.2, -0.15) is 0 Å². The average molecular weight is 180 g/mol. The topological polar surface area (TPSA) is 35.5 Å². The summed E-state index contributed by atoms with van der Waals surface area (Å²) in [4.78, 5) is 10.7. The van der Waals surface area contributed by atoms with Crippen molar-refractivity contribution in [3.05, 3.63) is 35.4 Å². The number of rotatable bonds is 2. The highest BCUT2D eigenvalue weighted by molar-refractivity contribution is 5.59. The van der Waals surface area contributed by atoms with Crippen LogP contribution < -0.4 is 0 Å². The van der Waals surface area contributed by atoms with E-state index in [1.807, 2.05) is 31.2 Å². The fraction of sp³-hybridized carbons (Fsp3) is 0.300. The minimum absolute atomic E-state index is 0.263. The van der Waals surface area contributed by atoms with Crippen LogP contribution in [0.4, 0.5) is 4.79 Å². The van der Waals surface area contributed by atoms with E-state index in [1.54, 1.807) is 0 Å². The summed E-state index contributed by atoms with van der Waals surface area (Å²) in [6.45, 7) is 2.23.